The lowest BCUT2D eigenvalue weighted by Gasteiger charge is -2.38. The van der Waals surface area contributed by atoms with E-state index in [2.05, 4.69) is 5.32 Å². The number of alkyl halides is 1. The predicted octanol–water partition coefficient (Wildman–Crippen LogP) is 1.30. The molecule has 0 spiro atoms. The predicted molar refractivity (Wildman–Crippen MR) is 73.8 cm³/mol. The molecule has 2 atom stereocenters. The molecule has 2 rings (SSSR count). The zero-order valence-corrected chi connectivity index (χ0v) is 11.5. The number of hydrogen-bond donors (Lipinski definition) is 1. The fourth-order valence-corrected chi connectivity index (χ4v) is 2.45. The third kappa shape index (κ3) is 3.15. The number of benzene rings is 1. The minimum Gasteiger partial charge on any atom is -0.343 e. The van der Waals surface area contributed by atoms with Gasteiger partial charge in [-0.05, 0) is 18.9 Å². The number of carbonyl (C=O) groups excluding carboxylic acids is 2. The van der Waals surface area contributed by atoms with E-state index in [0.717, 1.165) is 5.56 Å². The van der Waals surface area contributed by atoms with Crippen LogP contribution in [0, 0.1) is 0 Å². The SMILES string of the molecule is CC1NC(=O)C(Cc2ccccc2)N(CCCF)C1=O. The molecule has 0 aliphatic carbocycles. The number of halogens is 1. The Labute approximate surface area is 118 Å². The van der Waals surface area contributed by atoms with Gasteiger partial charge in [-0.3, -0.25) is 14.0 Å². The number of piperazine rings is 1. The summed E-state index contributed by atoms with van der Waals surface area (Å²) in [5.41, 5.74) is 0.986. The minimum atomic E-state index is -0.548. The second-order valence-electron chi connectivity index (χ2n) is 5.01. The van der Waals surface area contributed by atoms with Crippen LogP contribution < -0.4 is 5.32 Å². The first-order valence-corrected chi connectivity index (χ1v) is 6.84. The van der Waals surface area contributed by atoms with Crippen molar-refractivity contribution in [3.8, 4) is 0 Å². The molecular formula is C15H19FN2O2. The second kappa shape index (κ2) is 6.50. The van der Waals surface area contributed by atoms with Crippen LogP contribution in [0.3, 0.4) is 0 Å². The van der Waals surface area contributed by atoms with Gasteiger partial charge in [-0.15, -0.1) is 0 Å². The smallest absolute Gasteiger partial charge is 0.245 e. The lowest BCUT2D eigenvalue weighted by atomic mass is 10.00. The molecule has 1 aromatic carbocycles. The molecule has 1 aliphatic heterocycles. The molecule has 0 bridgehead atoms. The molecule has 2 unspecified atom stereocenters. The van der Waals surface area contributed by atoms with Crippen molar-refractivity contribution in [2.24, 2.45) is 0 Å². The van der Waals surface area contributed by atoms with E-state index in [1.165, 1.54) is 4.90 Å². The molecule has 20 heavy (non-hydrogen) atoms. The van der Waals surface area contributed by atoms with Crippen molar-refractivity contribution in [1.29, 1.82) is 0 Å². The molecule has 0 saturated carbocycles. The lowest BCUT2D eigenvalue weighted by molar-refractivity contribution is -0.148. The maximum absolute atomic E-state index is 12.4. The standard InChI is InChI=1S/C15H19FN2O2/c1-11-15(20)18(9-5-8-16)13(14(19)17-11)10-12-6-3-2-4-7-12/h2-4,6-7,11,13H,5,8-10H2,1H3,(H,17,19). The molecule has 0 radical (unpaired) electrons. The molecule has 1 aromatic rings. The number of carbonyl (C=O) groups is 2. The van der Waals surface area contributed by atoms with Crippen molar-refractivity contribution in [1.82, 2.24) is 10.2 Å². The van der Waals surface area contributed by atoms with E-state index >= 15 is 0 Å². The Balaban J connectivity index is 2.17. The summed E-state index contributed by atoms with van der Waals surface area (Å²) in [5, 5.41) is 2.68. The van der Waals surface area contributed by atoms with Crippen LogP contribution >= 0.6 is 0 Å². The fraction of sp³-hybridized carbons (Fsp3) is 0.467. The first kappa shape index (κ1) is 14.5. The number of rotatable bonds is 5. The lowest BCUT2D eigenvalue weighted by Crippen LogP contribution is -2.63. The first-order valence-electron chi connectivity index (χ1n) is 6.84. The van der Waals surface area contributed by atoms with Gasteiger partial charge in [0.05, 0.1) is 6.67 Å². The molecule has 108 valence electrons. The van der Waals surface area contributed by atoms with Crippen LogP contribution in [0.5, 0.6) is 0 Å². The van der Waals surface area contributed by atoms with E-state index in [4.69, 9.17) is 0 Å². The van der Waals surface area contributed by atoms with Crippen molar-refractivity contribution >= 4 is 11.8 Å². The molecule has 0 aromatic heterocycles. The van der Waals surface area contributed by atoms with E-state index < -0.39 is 18.8 Å². The number of nitrogens with one attached hydrogen (secondary N) is 1. The maximum Gasteiger partial charge on any atom is 0.245 e. The third-order valence-corrected chi connectivity index (χ3v) is 3.50. The van der Waals surface area contributed by atoms with Crippen molar-refractivity contribution in [3.05, 3.63) is 35.9 Å². The summed E-state index contributed by atoms with van der Waals surface area (Å²) in [4.78, 5) is 25.8. The van der Waals surface area contributed by atoms with Crippen LogP contribution in [0.25, 0.3) is 0 Å². The summed E-state index contributed by atoms with van der Waals surface area (Å²) in [7, 11) is 0. The molecule has 5 heteroatoms. The van der Waals surface area contributed by atoms with Crippen molar-refractivity contribution < 1.29 is 14.0 Å². The second-order valence-corrected chi connectivity index (χ2v) is 5.01. The fourth-order valence-electron chi connectivity index (χ4n) is 2.45. The van der Waals surface area contributed by atoms with Crippen LogP contribution in [-0.4, -0.2) is 42.0 Å². The Morgan fingerprint density at radius 2 is 1.95 bits per heavy atom. The van der Waals surface area contributed by atoms with Crippen LogP contribution in [-0.2, 0) is 16.0 Å². The Bertz CT molecular complexity index is 478. The Kier molecular flexibility index (Phi) is 4.71. The van der Waals surface area contributed by atoms with Crippen LogP contribution in [0.1, 0.15) is 18.9 Å². The number of amides is 2. The zero-order chi connectivity index (χ0) is 14.5. The van der Waals surface area contributed by atoms with Gasteiger partial charge in [-0.1, -0.05) is 30.3 Å². The highest BCUT2D eigenvalue weighted by Gasteiger charge is 2.37. The molecule has 1 N–H and O–H groups in total. The minimum absolute atomic E-state index is 0.140. The summed E-state index contributed by atoms with van der Waals surface area (Å²) < 4.78 is 12.4. The van der Waals surface area contributed by atoms with Gasteiger partial charge in [0, 0.05) is 13.0 Å². The van der Waals surface area contributed by atoms with Gasteiger partial charge in [-0.25, -0.2) is 0 Å². The molecule has 1 heterocycles. The van der Waals surface area contributed by atoms with E-state index in [1.807, 2.05) is 30.3 Å². The Morgan fingerprint density at radius 1 is 1.25 bits per heavy atom. The summed E-state index contributed by atoms with van der Waals surface area (Å²) in [5.74, 6) is -0.307. The third-order valence-electron chi connectivity index (χ3n) is 3.50. The average Bonchev–Trinajstić information content (AvgIpc) is 2.45. The normalized spacial score (nSPS) is 22.8. The van der Waals surface area contributed by atoms with Gasteiger partial charge in [-0.2, -0.15) is 0 Å². The van der Waals surface area contributed by atoms with Crippen LogP contribution in [0.4, 0.5) is 4.39 Å². The largest absolute Gasteiger partial charge is 0.343 e. The molecule has 1 saturated heterocycles. The van der Waals surface area contributed by atoms with Gasteiger partial charge in [0.1, 0.15) is 12.1 Å². The maximum atomic E-state index is 12.4. The molecule has 1 aliphatic rings. The van der Waals surface area contributed by atoms with Crippen molar-refractivity contribution in [2.45, 2.75) is 31.8 Å². The van der Waals surface area contributed by atoms with Gasteiger partial charge in [0.25, 0.3) is 0 Å². The molecule has 1 fully saturated rings. The summed E-state index contributed by atoms with van der Waals surface area (Å²) in [6.45, 7) is 1.45. The first-order chi connectivity index (χ1) is 9.63. The van der Waals surface area contributed by atoms with Gasteiger partial charge < -0.3 is 10.2 Å². The van der Waals surface area contributed by atoms with E-state index in [1.54, 1.807) is 6.92 Å². The van der Waals surface area contributed by atoms with Gasteiger partial charge in [0.15, 0.2) is 0 Å². The highest BCUT2D eigenvalue weighted by atomic mass is 19.1. The van der Waals surface area contributed by atoms with Crippen molar-refractivity contribution in [2.75, 3.05) is 13.2 Å². The van der Waals surface area contributed by atoms with Crippen LogP contribution in [0.2, 0.25) is 0 Å². The van der Waals surface area contributed by atoms with Crippen molar-refractivity contribution in [3.63, 3.8) is 0 Å². The van der Waals surface area contributed by atoms with Gasteiger partial charge >= 0.3 is 0 Å². The summed E-state index contributed by atoms with van der Waals surface area (Å²) in [6, 6.07) is 8.45. The number of nitrogens with zero attached hydrogens (tertiary/aromatic N) is 1. The highest BCUT2D eigenvalue weighted by molar-refractivity contribution is 5.96. The van der Waals surface area contributed by atoms with E-state index in [0.29, 0.717) is 6.42 Å². The highest BCUT2D eigenvalue weighted by Crippen LogP contribution is 2.15. The average molecular weight is 278 g/mol. The monoisotopic (exact) mass is 278 g/mol. The quantitative estimate of drug-likeness (QED) is 0.882. The zero-order valence-electron chi connectivity index (χ0n) is 11.5. The Morgan fingerprint density at radius 3 is 2.60 bits per heavy atom. The molecule has 2 amide bonds. The van der Waals surface area contributed by atoms with E-state index in [-0.39, 0.29) is 24.8 Å². The van der Waals surface area contributed by atoms with Crippen LogP contribution in [0.15, 0.2) is 30.3 Å². The summed E-state index contributed by atoms with van der Waals surface area (Å²) >= 11 is 0. The van der Waals surface area contributed by atoms with E-state index in [9.17, 15) is 14.0 Å². The molecular weight excluding hydrogens is 259 g/mol. The van der Waals surface area contributed by atoms with Gasteiger partial charge in [0.2, 0.25) is 11.8 Å². The Hall–Kier alpha value is -1.91. The topological polar surface area (TPSA) is 49.4 Å². The summed E-state index contributed by atoms with van der Waals surface area (Å²) in [6.07, 6.45) is 0.717. The molecule has 4 nitrogen and oxygen atoms in total. The number of hydrogen-bond acceptors (Lipinski definition) is 2.